The number of carbonyl (C=O) groups excluding carboxylic acids is 3. The fraction of sp³-hybridized carbons (Fsp3) is 0.615. The monoisotopic (exact) mass is 495 g/mol. The fourth-order valence-corrected chi connectivity index (χ4v) is 1.73. The van der Waals surface area contributed by atoms with Crippen LogP contribution >= 0.6 is 0 Å². The minimum atomic E-state index is -6.43. The zero-order chi connectivity index (χ0) is 25.1. The molecule has 0 heterocycles. The highest BCUT2D eigenvalue weighted by molar-refractivity contribution is 7.86. The van der Waals surface area contributed by atoms with Crippen LogP contribution in [0.1, 0.15) is 13.3 Å². The van der Waals surface area contributed by atoms with Gasteiger partial charge in [-0.25, -0.2) is 18.0 Å². The van der Waals surface area contributed by atoms with Gasteiger partial charge in [0, 0.05) is 6.42 Å². The highest BCUT2D eigenvalue weighted by atomic mass is 32.2. The van der Waals surface area contributed by atoms with Crippen molar-refractivity contribution >= 4 is 27.8 Å². The second-order valence-electron chi connectivity index (χ2n) is 5.45. The van der Waals surface area contributed by atoms with Crippen molar-refractivity contribution in [2.45, 2.75) is 36.7 Å². The molecule has 0 aliphatic carbocycles. The van der Waals surface area contributed by atoms with Crippen molar-refractivity contribution in [1.82, 2.24) is 0 Å². The Kier molecular flexibility index (Phi) is 8.72. The van der Waals surface area contributed by atoms with Gasteiger partial charge in [-0.15, -0.1) is 0 Å². The number of hydrogen-bond donors (Lipinski definition) is 0. The van der Waals surface area contributed by atoms with Crippen LogP contribution in [0.3, 0.4) is 0 Å². The van der Waals surface area contributed by atoms with Crippen molar-refractivity contribution in [3.8, 4) is 0 Å². The second kappa shape index (κ2) is 9.43. The Bertz CT molecular complexity index is 831. The Balaban J connectivity index is 6.15. The molecule has 180 valence electrons. The molecule has 0 fully saturated rings. The van der Waals surface area contributed by atoms with E-state index >= 15 is 0 Å². The summed E-state index contributed by atoms with van der Waals surface area (Å²) in [6.45, 7) is -0.824. The topological polar surface area (TPSA) is 136 Å². The van der Waals surface area contributed by atoms with Crippen LogP contribution in [0.5, 0.6) is 0 Å². The Labute approximate surface area is 167 Å². The number of hydrogen-bond acceptors (Lipinski definition) is 9. The van der Waals surface area contributed by atoms with Crippen molar-refractivity contribution in [2.75, 3.05) is 13.2 Å². The third-order valence-electron chi connectivity index (χ3n) is 2.94. The van der Waals surface area contributed by atoms with Gasteiger partial charge in [-0.05, 0) is 6.92 Å². The molecule has 0 saturated heterocycles. The van der Waals surface area contributed by atoms with E-state index in [4.69, 9.17) is 0 Å². The molecule has 0 aromatic heterocycles. The van der Waals surface area contributed by atoms with Gasteiger partial charge < -0.3 is 18.8 Å². The predicted octanol–water partition coefficient (Wildman–Crippen LogP) is 1.58. The van der Waals surface area contributed by atoms with E-state index in [-0.39, 0.29) is 0 Å². The molecule has 1 unspecified atom stereocenters. The minimum Gasteiger partial charge on any atom is -0.743 e. The summed E-state index contributed by atoms with van der Waals surface area (Å²) < 4.78 is 146. The van der Waals surface area contributed by atoms with E-state index in [0.29, 0.717) is 6.92 Å². The number of ketones is 1. The van der Waals surface area contributed by atoms with Crippen molar-refractivity contribution in [3.05, 3.63) is 12.2 Å². The molecule has 0 bridgehead atoms. The number of alkyl halides is 8. The molecule has 9 nitrogen and oxygen atoms in total. The van der Waals surface area contributed by atoms with E-state index < -0.39 is 76.4 Å². The standard InChI is InChI=1S/C13H12F8O9S/c1-6(22)5-28-9(24)11(13(19,20)21,30-8(23)7(2)12(16,17)18)29-4-3-10(14,15)31(25,26)27/h2-5H2,1H3,(H,25,26,27)/p-1. The number of Topliss-reactive ketones (excluding diaryl/α,β-unsaturated/α-hetero) is 1. The maximum atomic E-state index is 13.5. The summed E-state index contributed by atoms with van der Waals surface area (Å²) >= 11 is 0. The first-order valence-electron chi connectivity index (χ1n) is 7.28. The van der Waals surface area contributed by atoms with E-state index in [1.54, 1.807) is 0 Å². The van der Waals surface area contributed by atoms with Crippen molar-refractivity contribution < 1.29 is 76.7 Å². The van der Waals surface area contributed by atoms with Crippen LogP contribution in [0, 0.1) is 0 Å². The largest absolute Gasteiger partial charge is 0.743 e. The van der Waals surface area contributed by atoms with Crippen LogP contribution in [-0.2, 0) is 38.7 Å². The maximum absolute atomic E-state index is 13.5. The Hall–Kier alpha value is -2.34. The van der Waals surface area contributed by atoms with E-state index in [0.717, 1.165) is 0 Å². The lowest BCUT2D eigenvalue weighted by atomic mass is 10.2. The van der Waals surface area contributed by atoms with E-state index in [2.05, 4.69) is 20.8 Å². The quantitative estimate of drug-likeness (QED) is 0.145. The molecule has 1 atom stereocenters. The van der Waals surface area contributed by atoms with Crippen LogP contribution in [0.15, 0.2) is 12.2 Å². The third kappa shape index (κ3) is 7.39. The minimum absolute atomic E-state index is 0.681. The van der Waals surface area contributed by atoms with Crippen molar-refractivity contribution in [1.29, 1.82) is 0 Å². The lowest BCUT2D eigenvalue weighted by Gasteiger charge is -2.33. The van der Waals surface area contributed by atoms with E-state index in [9.17, 15) is 62.5 Å². The molecule has 0 aliphatic rings. The van der Waals surface area contributed by atoms with Gasteiger partial charge in [-0.1, -0.05) is 6.58 Å². The summed E-state index contributed by atoms with van der Waals surface area (Å²) in [6, 6.07) is 0. The van der Waals surface area contributed by atoms with Crippen LogP contribution in [0.25, 0.3) is 0 Å². The van der Waals surface area contributed by atoms with Gasteiger partial charge in [0.15, 0.2) is 15.9 Å². The lowest BCUT2D eigenvalue weighted by molar-refractivity contribution is -0.356. The van der Waals surface area contributed by atoms with Gasteiger partial charge in [0.2, 0.25) is 0 Å². The molecule has 31 heavy (non-hydrogen) atoms. The molecule has 0 amide bonds. The van der Waals surface area contributed by atoms with E-state index in [1.807, 2.05) is 0 Å². The first-order valence-corrected chi connectivity index (χ1v) is 8.69. The van der Waals surface area contributed by atoms with Crippen molar-refractivity contribution in [3.63, 3.8) is 0 Å². The SMILES string of the molecule is C=C(C(=O)OC(OCCC(F)(F)S(=O)(=O)[O-])(C(=O)OCC(C)=O)C(F)(F)F)C(F)(F)F. The summed E-state index contributed by atoms with van der Waals surface area (Å²) in [5, 5.41) is -5.24. The van der Waals surface area contributed by atoms with Crippen LogP contribution in [-0.4, -0.2) is 67.3 Å². The summed E-state index contributed by atoms with van der Waals surface area (Å²) in [6.07, 6.45) is -14.3. The number of rotatable bonds is 10. The summed E-state index contributed by atoms with van der Waals surface area (Å²) in [5.41, 5.74) is -2.59. The maximum Gasteiger partial charge on any atom is 0.468 e. The van der Waals surface area contributed by atoms with E-state index in [1.165, 1.54) is 0 Å². The Morgan fingerprint density at radius 3 is 1.84 bits per heavy atom. The van der Waals surface area contributed by atoms with Crippen LogP contribution < -0.4 is 0 Å². The smallest absolute Gasteiger partial charge is 0.468 e. The zero-order valence-corrected chi connectivity index (χ0v) is 15.8. The molecular weight excluding hydrogens is 484 g/mol. The van der Waals surface area contributed by atoms with Crippen LogP contribution in [0.2, 0.25) is 0 Å². The average molecular weight is 495 g/mol. The van der Waals surface area contributed by atoms with Gasteiger partial charge in [0.25, 0.3) is 0 Å². The summed E-state index contributed by atoms with van der Waals surface area (Å²) in [4.78, 5) is 34.0. The van der Waals surface area contributed by atoms with Gasteiger partial charge >= 0.3 is 35.3 Å². The molecule has 0 spiro atoms. The first-order chi connectivity index (χ1) is 13.6. The summed E-state index contributed by atoms with van der Waals surface area (Å²) in [7, 11) is -6.43. The zero-order valence-electron chi connectivity index (χ0n) is 14.9. The fourth-order valence-electron chi connectivity index (χ4n) is 1.39. The highest BCUT2D eigenvalue weighted by Gasteiger charge is 2.68. The van der Waals surface area contributed by atoms with Gasteiger partial charge in [0.1, 0.15) is 12.2 Å². The Morgan fingerprint density at radius 2 is 1.48 bits per heavy atom. The second-order valence-corrected chi connectivity index (χ2v) is 6.95. The highest BCUT2D eigenvalue weighted by Crippen LogP contribution is 2.39. The first kappa shape index (κ1) is 28.7. The normalized spacial score (nSPS) is 15.0. The number of ether oxygens (including phenoxy) is 3. The summed E-state index contributed by atoms with van der Waals surface area (Å²) in [5.74, 6) is -12.1. The molecule has 0 rings (SSSR count). The van der Waals surface area contributed by atoms with Gasteiger partial charge in [-0.2, -0.15) is 35.1 Å². The van der Waals surface area contributed by atoms with Crippen LogP contribution in [0.4, 0.5) is 35.1 Å². The molecule has 18 heteroatoms. The molecule has 0 aromatic rings. The van der Waals surface area contributed by atoms with Crippen molar-refractivity contribution in [2.24, 2.45) is 0 Å². The third-order valence-corrected chi connectivity index (χ3v) is 3.87. The number of carbonyl (C=O) groups is 3. The molecule has 0 radical (unpaired) electrons. The molecule has 0 N–H and O–H groups in total. The van der Waals surface area contributed by atoms with Gasteiger partial charge in [0.05, 0.1) is 6.61 Å². The average Bonchev–Trinajstić information content (AvgIpc) is 2.54. The van der Waals surface area contributed by atoms with Gasteiger partial charge in [-0.3, -0.25) is 4.79 Å². The molecule has 0 aliphatic heterocycles. The number of esters is 2. The number of halogens is 8. The lowest BCUT2D eigenvalue weighted by Crippen LogP contribution is -2.59. The molecular formula is C13H11F8O9S-. The molecule has 0 aromatic carbocycles. The molecule has 0 saturated carbocycles. The Morgan fingerprint density at radius 1 is 1.00 bits per heavy atom. The predicted molar refractivity (Wildman–Crippen MR) is 76.9 cm³/mol.